The second-order valence-electron chi connectivity index (χ2n) is 4.25. The molecule has 0 aliphatic carbocycles. The van der Waals surface area contributed by atoms with E-state index in [4.69, 9.17) is 5.73 Å². The van der Waals surface area contributed by atoms with Crippen LogP contribution in [0.25, 0.3) is 0 Å². The normalized spacial score (nSPS) is 10.1. The molecule has 18 heavy (non-hydrogen) atoms. The first-order valence-electron chi connectivity index (χ1n) is 5.66. The molecule has 0 aliphatic rings. The summed E-state index contributed by atoms with van der Waals surface area (Å²) < 4.78 is 0. The maximum absolute atomic E-state index is 12.0. The second-order valence-corrected chi connectivity index (χ2v) is 4.25. The average molecular weight is 241 g/mol. The van der Waals surface area contributed by atoms with Crippen LogP contribution in [-0.4, -0.2) is 10.9 Å². The number of aryl methyl sites for hydroxylation is 2. The van der Waals surface area contributed by atoms with Crippen LogP contribution >= 0.6 is 0 Å². The Morgan fingerprint density at radius 2 is 1.89 bits per heavy atom. The van der Waals surface area contributed by atoms with Gasteiger partial charge in [0.05, 0.1) is 11.9 Å². The molecular weight excluding hydrogens is 226 g/mol. The zero-order valence-corrected chi connectivity index (χ0v) is 10.4. The highest BCUT2D eigenvalue weighted by Crippen LogP contribution is 2.15. The minimum absolute atomic E-state index is 0.171. The third kappa shape index (κ3) is 2.66. The molecule has 1 aromatic carbocycles. The van der Waals surface area contributed by atoms with Crippen LogP contribution < -0.4 is 11.1 Å². The second kappa shape index (κ2) is 4.87. The molecule has 2 aromatic rings. The third-order valence-electron chi connectivity index (χ3n) is 2.65. The molecule has 2 rings (SSSR count). The highest BCUT2D eigenvalue weighted by Gasteiger charge is 2.08. The fourth-order valence-corrected chi connectivity index (χ4v) is 1.61. The topological polar surface area (TPSA) is 68.0 Å². The van der Waals surface area contributed by atoms with Gasteiger partial charge in [0.1, 0.15) is 5.82 Å². The zero-order valence-electron chi connectivity index (χ0n) is 10.4. The van der Waals surface area contributed by atoms with E-state index < -0.39 is 0 Å². The van der Waals surface area contributed by atoms with Gasteiger partial charge in [-0.3, -0.25) is 4.79 Å². The fourth-order valence-electron chi connectivity index (χ4n) is 1.61. The predicted octanol–water partition coefficient (Wildman–Crippen LogP) is 2.53. The van der Waals surface area contributed by atoms with Crippen LogP contribution in [0, 0.1) is 13.8 Å². The van der Waals surface area contributed by atoms with Gasteiger partial charge in [-0.25, -0.2) is 4.98 Å². The smallest absolute Gasteiger partial charge is 0.256 e. The van der Waals surface area contributed by atoms with Gasteiger partial charge in [0, 0.05) is 5.56 Å². The van der Waals surface area contributed by atoms with Crippen LogP contribution in [0.2, 0.25) is 0 Å². The molecule has 92 valence electrons. The first-order valence-corrected chi connectivity index (χ1v) is 5.66. The molecule has 0 atom stereocenters. The van der Waals surface area contributed by atoms with Crippen LogP contribution in [0.3, 0.4) is 0 Å². The average Bonchev–Trinajstić information content (AvgIpc) is 2.33. The van der Waals surface area contributed by atoms with E-state index in [1.54, 1.807) is 18.2 Å². The third-order valence-corrected chi connectivity index (χ3v) is 2.65. The number of carbonyl (C=O) groups is 1. The number of amides is 1. The lowest BCUT2D eigenvalue weighted by molar-refractivity contribution is 0.102. The van der Waals surface area contributed by atoms with Gasteiger partial charge in [-0.15, -0.1) is 0 Å². The van der Waals surface area contributed by atoms with Gasteiger partial charge in [0.15, 0.2) is 0 Å². The van der Waals surface area contributed by atoms with E-state index in [0.29, 0.717) is 17.1 Å². The summed E-state index contributed by atoms with van der Waals surface area (Å²) in [4.78, 5) is 16.1. The molecule has 0 saturated heterocycles. The number of nitrogens with two attached hydrogens (primary N) is 1. The summed E-state index contributed by atoms with van der Waals surface area (Å²) in [5.74, 6) is 0.366. The van der Waals surface area contributed by atoms with Crippen LogP contribution in [0.4, 0.5) is 11.5 Å². The van der Waals surface area contributed by atoms with Crippen LogP contribution in [-0.2, 0) is 0 Å². The van der Waals surface area contributed by atoms with Crippen molar-refractivity contribution in [2.45, 2.75) is 13.8 Å². The van der Waals surface area contributed by atoms with Crippen molar-refractivity contribution in [1.29, 1.82) is 0 Å². The first kappa shape index (κ1) is 12.1. The SMILES string of the molecule is Cc1ccc(C(=O)Nc2ncc(N)cc2C)cc1. The summed E-state index contributed by atoms with van der Waals surface area (Å²) in [6, 6.07) is 9.16. The monoisotopic (exact) mass is 241 g/mol. The Balaban J connectivity index is 2.18. The number of nitrogen functional groups attached to an aromatic ring is 1. The summed E-state index contributed by atoms with van der Waals surface area (Å²) in [6.45, 7) is 3.83. The number of hydrogen-bond acceptors (Lipinski definition) is 3. The largest absolute Gasteiger partial charge is 0.397 e. The standard InChI is InChI=1S/C14H15N3O/c1-9-3-5-11(6-4-9)14(18)17-13-10(2)7-12(15)8-16-13/h3-8H,15H2,1-2H3,(H,16,17,18). The van der Waals surface area contributed by atoms with E-state index in [-0.39, 0.29) is 5.91 Å². The number of benzene rings is 1. The van der Waals surface area contributed by atoms with Gasteiger partial charge in [-0.2, -0.15) is 0 Å². The number of carbonyl (C=O) groups excluding carboxylic acids is 1. The molecule has 0 unspecified atom stereocenters. The summed E-state index contributed by atoms with van der Waals surface area (Å²) in [5, 5.41) is 2.77. The lowest BCUT2D eigenvalue weighted by atomic mass is 10.1. The van der Waals surface area contributed by atoms with Crippen molar-refractivity contribution in [3.8, 4) is 0 Å². The Morgan fingerprint density at radius 1 is 1.22 bits per heavy atom. The molecule has 0 saturated carbocycles. The lowest BCUT2D eigenvalue weighted by Crippen LogP contribution is -2.14. The molecule has 3 N–H and O–H groups in total. The van der Waals surface area contributed by atoms with Crippen molar-refractivity contribution < 1.29 is 4.79 Å². The molecule has 0 spiro atoms. The number of nitrogens with one attached hydrogen (secondary N) is 1. The molecule has 0 radical (unpaired) electrons. The van der Waals surface area contributed by atoms with Crippen molar-refractivity contribution in [2.24, 2.45) is 0 Å². The Bertz CT molecular complexity index is 576. The van der Waals surface area contributed by atoms with Crippen molar-refractivity contribution in [3.63, 3.8) is 0 Å². The molecule has 4 nitrogen and oxygen atoms in total. The Kier molecular flexibility index (Phi) is 3.28. The number of pyridine rings is 1. The number of anilines is 2. The van der Waals surface area contributed by atoms with E-state index in [9.17, 15) is 4.79 Å². The van der Waals surface area contributed by atoms with Gasteiger partial charge in [0.25, 0.3) is 5.91 Å². The molecule has 0 aliphatic heterocycles. The molecular formula is C14H15N3O. The Morgan fingerprint density at radius 3 is 2.50 bits per heavy atom. The molecule has 0 bridgehead atoms. The number of nitrogens with zero attached hydrogens (tertiary/aromatic N) is 1. The van der Waals surface area contributed by atoms with Crippen LogP contribution in [0.15, 0.2) is 36.5 Å². The van der Waals surface area contributed by atoms with E-state index in [0.717, 1.165) is 11.1 Å². The maximum atomic E-state index is 12.0. The highest BCUT2D eigenvalue weighted by molar-refractivity contribution is 6.04. The molecule has 1 aromatic heterocycles. The van der Waals surface area contributed by atoms with E-state index in [1.165, 1.54) is 6.20 Å². The van der Waals surface area contributed by atoms with Gasteiger partial charge < -0.3 is 11.1 Å². The van der Waals surface area contributed by atoms with Gasteiger partial charge >= 0.3 is 0 Å². The van der Waals surface area contributed by atoms with Gasteiger partial charge in [-0.1, -0.05) is 17.7 Å². The van der Waals surface area contributed by atoms with Gasteiger partial charge in [0.2, 0.25) is 0 Å². The minimum Gasteiger partial charge on any atom is -0.397 e. The van der Waals surface area contributed by atoms with E-state index >= 15 is 0 Å². The van der Waals surface area contributed by atoms with Crippen molar-refractivity contribution in [1.82, 2.24) is 4.98 Å². The number of aromatic nitrogens is 1. The summed E-state index contributed by atoms with van der Waals surface area (Å²) in [5.41, 5.74) is 8.77. The quantitative estimate of drug-likeness (QED) is 0.849. The summed E-state index contributed by atoms with van der Waals surface area (Å²) >= 11 is 0. The first-order chi connectivity index (χ1) is 8.56. The van der Waals surface area contributed by atoms with Crippen molar-refractivity contribution in [2.75, 3.05) is 11.1 Å². The van der Waals surface area contributed by atoms with E-state index in [2.05, 4.69) is 10.3 Å². The van der Waals surface area contributed by atoms with Crippen molar-refractivity contribution in [3.05, 3.63) is 53.2 Å². The molecule has 1 amide bonds. The van der Waals surface area contributed by atoms with Crippen LogP contribution in [0.1, 0.15) is 21.5 Å². The van der Waals surface area contributed by atoms with Crippen LogP contribution in [0.5, 0.6) is 0 Å². The van der Waals surface area contributed by atoms with E-state index in [1.807, 2.05) is 26.0 Å². The summed E-state index contributed by atoms with van der Waals surface area (Å²) in [7, 11) is 0. The minimum atomic E-state index is -0.171. The Hall–Kier alpha value is -2.36. The highest BCUT2D eigenvalue weighted by atomic mass is 16.1. The maximum Gasteiger partial charge on any atom is 0.256 e. The van der Waals surface area contributed by atoms with Gasteiger partial charge in [-0.05, 0) is 37.6 Å². The van der Waals surface area contributed by atoms with Crippen molar-refractivity contribution >= 4 is 17.4 Å². The summed E-state index contributed by atoms with van der Waals surface area (Å²) in [6.07, 6.45) is 1.53. The predicted molar refractivity (Wildman–Crippen MR) is 72.5 cm³/mol. The molecule has 0 fully saturated rings. The fraction of sp³-hybridized carbons (Fsp3) is 0.143. The zero-order chi connectivity index (χ0) is 13.1. The lowest BCUT2D eigenvalue weighted by Gasteiger charge is -2.08. The molecule has 4 heteroatoms. The number of hydrogen-bond donors (Lipinski definition) is 2. The molecule has 1 heterocycles. The Labute approximate surface area is 106 Å². The number of rotatable bonds is 2.